The van der Waals surface area contributed by atoms with Gasteiger partial charge in [-0.05, 0) is 12.5 Å². The first-order valence-corrected chi connectivity index (χ1v) is 8.70. The molecule has 0 fully saturated rings. The van der Waals surface area contributed by atoms with E-state index in [2.05, 4.69) is 5.32 Å². The second-order valence-electron chi connectivity index (χ2n) is 4.89. The predicted molar refractivity (Wildman–Crippen MR) is 100.0 cm³/mol. The molecular weight excluding hydrogens is 415 g/mol. The van der Waals surface area contributed by atoms with E-state index >= 15 is 0 Å². The molecule has 0 bridgehead atoms. The standard InChI is InChI=1S/C16H12Cl5NO2/c1-8(9-5-3-2-4-6-9)22-10(23)7-24-16-14(20)12(18)11(17)13(19)15(16)21/h2-6,8H,7H2,1H3,(H,22,23). The average Bonchev–Trinajstić information content (AvgIpc) is 2.59. The summed E-state index contributed by atoms with van der Waals surface area (Å²) < 4.78 is 5.38. The van der Waals surface area contributed by atoms with E-state index in [1.165, 1.54) is 0 Å². The van der Waals surface area contributed by atoms with Gasteiger partial charge in [-0.15, -0.1) is 0 Å². The molecule has 0 saturated carbocycles. The van der Waals surface area contributed by atoms with Crippen LogP contribution in [0.5, 0.6) is 5.75 Å². The van der Waals surface area contributed by atoms with Gasteiger partial charge in [0, 0.05) is 0 Å². The molecule has 0 spiro atoms. The molecule has 1 amide bonds. The molecule has 2 aromatic rings. The largest absolute Gasteiger partial charge is 0.481 e. The van der Waals surface area contributed by atoms with Crippen molar-refractivity contribution >= 4 is 63.9 Å². The molecule has 2 rings (SSSR count). The lowest BCUT2D eigenvalue weighted by Gasteiger charge is -2.16. The van der Waals surface area contributed by atoms with Crippen molar-refractivity contribution in [3.8, 4) is 5.75 Å². The molecular formula is C16H12Cl5NO2. The first-order valence-electron chi connectivity index (χ1n) is 6.81. The summed E-state index contributed by atoms with van der Waals surface area (Å²) in [7, 11) is 0. The number of carbonyl (C=O) groups is 1. The lowest BCUT2D eigenvalue weighted by atomic mass is 10.1. The number of nitrogens with one attached hydrogen (secondary N) is 1. The minimum atomic E-state index is -0.347. The van der Waals surface area contributed by atoms with Crippen molar-refractivity contribution in [2.75, 3.05) is 6.61 Å². The van der Waals surface area contributed by atoms with Crippen LogP contribution in [0, 0.1) is 0 Å². The van der Waals surface area contributed by atoms with Crippen molar-refractivity contribution in [1.29, 1.82) is 0 Å². The summed E-state index contributed by atoms with van der Waals surface area (Å²) in [5.74, 6) is -0.332. The molecule has 1 atom stereocenters. The number of carbonyl (C=O) groups excluding carboxylic acids is 1. The Morgan fingerprint density at radius 3 is 2.00 bits per heavy atom. The number of halogens is 5. The van der Waals surface area contributed by atoms with Gasteiger partial charge in [-0.1, -0.05) is 88.3 Å². The van der Waals surface area contributed by atoms with E-state index in [0.717, 1.165) is 5.56 Å². The van der Waals surface area contributed by atoms with Crippen molar-refractivity contribution in [2.24, 2.45) is 0 Å². The third kappa shape index (κ3) is 4.41. The second-order valence-corrected chi connectivity index (χ2v) is 6.78. The number of hydrogen-bond donors (Lipinski definition) is 1. The summed E-state index contributed by atoms with van der Waals surface area (Å²) in [6, 6.07) is 9.35. The van der Waals surface area contributed by atoms with Crippen LogP contribution in [0.25, 0.3) is 0 Å². The summed E-state index contributed by atoms with van der Waals surface area (Å²) >= 11 is 29.9. The van der Waals surface area contributed by atoms with Gasteiger partial charge in [0.1, 0.15) is 10.0 Å². The van der Waals surface area contributed by atoms with Crippen LogP contribution in [-0.2, 0) is 4.79 Å². The molecule has 0 aliphatic rings. The monoisotopic (exact) mass is 425 g/mol. The zero-order valence-electron chi connectivity index (χ0n) is 12.4. The van der Waals surface area contributed by atoms with Crippen LogP contribution >= 0.6 is 58.0 Å². The van der Waals surface area contributed by atoms with Gasteiger partial charge in [-0.25, -0.2) is 0 Å². The van der Waals surface area contributed by atoms with Crippen LogP contribution in [0.2, 0.25) is 25.1 Å². The summed E-state index contributed by atoms with van der Waals surface area (Å²) in [5, 5.41) is 2.86. The third-order valence-electron chi connectivity index (χ3n) is 3.19. The lowest BCUT2D eigenvalue weighted by Crippen LogP contribution is -2.31. The molecule has 0 aliphatic carbocycles. The maximum atomic E-state index is 12.0. The van der Waals surface area contributed by atoms with Crippen molar-refractivity contribution < 1.29 is 9.53 Å². The van der Waals surface area contributed by atoms with Crippen molar-refractivity contribution in [3.63, 3.8) is 0 Å². The summed E-state index contributed by atoms with van der Waals surface area (Å²) in [4.78, 5) is 12.0. The van der Waals surface area contributed by atoms with Gasteiger partial charge in [-0.2, -0.15) is 0 Å². The van der Waals surface area contributed by atoms with E-state index < -0.39 is 0 Å². The highest BCUT2D eigenvalue weighted by Gasteiger charge is 2.21. The third-order valence-corrected chi connectivity index (χ3v) is 5.44. The fraction of sp³-hybridized carbons (Fsp3) is 0.188. The quantitative estimate of drug-likeness (QED) is 0.455. The minimum Gasteiger partial charge on any atom is -0.481 e. The first-order chi connectivity index (χ1) is 11.3. The van der Waals surface area contributed by atoms with Gasteiger partial charge in [-0.3, -0.25) is 4.79 Å². The Morgan fingerprint density at radius 1 is 0.958 bits per heavy atom. The molecule has 1 N–H and O–H groups in total. The molecule has 0 radical (unpaired) electrons. The Hall–Kier alpha value is -0.840. The number of ether oxygens (including phenoxy) is 1. The SMILES string of the molecule is CC(NC(=O)COc1c(Cl)c(Cl)c(Cl)c(Cl)c1Cl)c1ccccc1. The zero-order chi connectivity index (χ0) is 17.9. The molecule has 0 saturated heterocycles. The molecule has 0 aromatic heterocycles. The number of hydrogen-bond acceptors (Lipinski definition) is 2. The molecule has 8 heteroatoms. The van der Waals surface area contributed by atoms with Crippen molar-refractivity contribution in [1.82, 2.24) is 5.32 Å². The van der Waals surface area contributed by atoms with E-state index in [9.17, 15) is 4.79 Å². The highest BCUT2D eigenvalue weighted by atomic mass is 35.5. The summed E-state index contributed by atoms with van der Waals surface area (Å²) in [5.41, 5.74) is 0.972. The van der Waals surface area contributed by atoms with Crippen LogP contribution in [0.4, 0.5) is 0 Å². The maximum absolute atomic E-state index is 12.0. The molecule has 2 aromatic carbocycles. The van der Waals surface area contributed by atoms with Gasteiger partial charge in [0.05, 0.1) is 21.1 Å². The topological polar surface area (TPSA) is 38.3 Å². The molecule has 0 heterocycles. The van der Waals surface area contributed by atoms with Crippen LogP contribution in [0.3, 0.4) is 0 Å². The van der Waals surface area contributed by atoms with Gasteiger partial charge in [0.2, 0.25) is 0 Å². The Bertz CT molecular complexity index is 723. The smallest absolute Gasteiger partial charge is 0.258 e. The van der Waals surface area contributed by atoms with Gasteiger partial charge < -0.3 is 10.1 Å². The Balaban J connectivity index is 2.05. The zero-order valence-corrected chi connectivity index (χ0v) is 16.2. The van der Waals surface area contributed by atoms with E-state index in [-0.39, 0.29) is 49.4 Å². The fourth-order valence-corrected chi connectivity index (χ4v) is 3.19. The van der Waals surface area contributed by atoms with Gasteiger partial charge >= 0.3 is 0 Å². The van der Waals surface area contributed by atoms with Crippen LogP contribution in [0.1, 0.15) is 18.5 Å². The second kappa shape index (κ2) is 8.50. The van der Waals surface area contributed by atoms with Crippen LogP contribution in [0.15, 0.2) is 30.3 Å². The predicted octanol–water partition coefficient (Wildman–Crippen LogP) is 6.21. The van der Waals surface area contributed by atoms with Crippen LogP contribution in [-0.4, -0.2) is 12.5 Å². The highest BCUT2D eigenvalue weighted by molar-refractivity contribution is 6.55. The molecule has 128 valence electrons. The van der Waals surface area contributed by atoms with E-state index in [4.69, 9.17) is 62.7 Å². The average molecular weight is 428 g/mol. The molecule has 24 heavy (non-hydrogen) atoms. The minimum absolute atomic E-state index is 0.0000236. The first kappa shape index (κ1) is 19.5. The number of rotatable bonds is 5. The Labute approximate surface area is 164 Å². The van der Waals surface area contributed by atoms with Crippen LogP contribution < -0.4 is 10.1 Å². The Morgan fingerprint density at radius 2 is 1.46 bits per heavy atom. The number of amides is 1. The van der Waals surface area contributed by atoms with Crippen molar-refractivity contribution in [3.05, 3.63) is 61.0 Å². The van der Waals surface area contributed by atoms with Crippen molar-refractivity contribution in [2.45, 2.75) is 13.0 Å². The Kier molecular flexibility index (Phi) is 6.90. The molecule has 0 aliphatic heterocycles. The van der Waals surface area contributed by atoms with E-state index in [0.29, 0.717) is 0 Å². The summed E-state index contributed by atoms with van der Waals surface area (Å²) in [6.45, 7) is 1.56. The normalized spacial score (nSPS) is 11.9. The summed E-state index contributed by atoms with van der Waals surface area (Å²) in [6.07, 6.45) is 0. The highest BCUT2D eigenvalue weighted by Crippen LogP contribution is 2.48. The maximum Gasteiger partial charge on any atom is 0.258 e. The lowest BCUT2D eigenvalue weighted by molar-refractivity contribution is -0.123. The van der Waals surface area contributed by atoms with Gasteiger partial charge in [0.15, 0.2) is 12.4 Å². The van der Waals surface area contributed by atoms with E-state index in [1.807, 2.05) is 37.3 Å². The molecule has 1 unspecified atom stereocenters. The van der Waals surface area contributed by atoms with Gasteiger partial charge in [0.25, 0.3) is 5.91 Å². The molecule has 3 nitrogen and oxygen atoms in total. The number of benzene rings is 2. The van der Waals surface area contributed by atoms with E-state index in [1.54, 1.807) is 0 Å². The fourth-order valence-electron chi connectivity index (χ4n) is 1.96.